The molecule has 0 saturated heterocycles. The molecule has 10 heavy (non-hydrogen) atoms. The molecule has 0 saturated carbocycles. The minimum absolute atomic E-state index is 0.375. The molecule has 0 aromatic carbocycles. The van der Waals surface area contributed by atoms with Crippen molar-refractivity contribution in [2.24, 2.45) is 0 Å². The first kappa shape index (κ1) is 7.44. The molecule has 0 bridgehead atoms. The third-order valence-corrected chi connectivity index (χ3v) is 1.23. The summed E-state index contributed by atoms with van der Waals surface area (Å²) in [5, 5.41) is 0. The molecule has 0 aromatic heterocycles. The second kappa shape index (κ2) is 2.52. The molecule has 1 nitrogen and oxygen atoms in total. The maximum absolute atomic E-state index is 11.6. The Bertz CT molecular complexity index is 130. The Morgan fingerprint density at radius 3 is 2.60 bits per heavy atom. The van der Waals surface area contributed by atoms with Crippen LogP contribution < -0.4 is 0 Å². The summed E-state index contributed by atoms with van der Waals surface area (Å²) in [6, 6.07) is 0. The maximum Gasteiger partial charge on any atom is 0.392 e. The molecule has 0 amide bonds. The zero-order chi connectivity index (χ0) is 7.61. The largest absolute Gasteiger partial charge is 0.498 e. The van der Waals surface area contributed by atoms with E-state index in [2.05, 4.69) is 4.74 Å². The molecule has 4 heteroatoms. The van der Waals surface area contributed by atoms with Gasteiger partial charge in [-0.3, -0.25) is 0 Å². The van der Waals surface area contributed by atoms with Crippen molar-refractivity contribution in [3.63, 3.8) is 0 Å². The van der Waals surface area contributed by atoms with Crippen LogP contribution >= 0.6 is 0 Å². The van der Waals surface area contributed by atoms with Crippen LogP contribution in [-0.4, -0.2) is 12.3 Å². The van der Waals surface area contributed by atoms with Crippen LogP contribution in [0.2, 0.25) is 0 Å². The van der Waals surface area contributed by atoms with E-state index in [-0.39, 0.29) is 0 Å². The monoisotopic (exact) mass is 152 g/mol. The SMILES string of the molecule is FC(F)(F)CC1CC=CO1. The highest BCUT2D eigenvalue weighted by molar-refractivity contribution is 4.87. The summed E-state index contributed by atoms with van der Waals surface area (Å²) in [7, 11) is 0. The minimum Gasteiger partial charge on any atom is -0.498 e. The summed E-state index contributed by atoms with van der Waals surface area (Å²) in [6.45, 7) is 0. The Hall–Kier alpha value is -0.670. The van der Waals surface area contributed by atoms with Gasteiger partial charge in [0, 0.05) is 6.42 Å². The van der Waals surface area contributed by atoms with Gasteiger partial charge in [-0.2, -0.15) is 13.2 Å². The van der Waals surface area contributed by atoms with Crippen LogP contribution in [0, 0.1) is 0 Å². The van der Waals surface area contributed by atoms with E-state index in [4.69, 9.17) is 0 Å². The van der Waals surface area contributed by atoms with E-state index in [0.717, 1.165) is 0 Å². The van der Waals surface area contributed by atoms with Gasteiger partial charge in [0.1, 0.15) is 6.10 Å². The molecule has 1 unspecified atom stereocenters. The molecule has 0 spiro atoms. The zero-order valence-electron chi connectivity index (χ0n) is 5.19. The Kier molecular flexibility index (Phi) is 1.87. The van der Waals surface area contributed by atoms with Crippen LogP contribution in [0.3, 0.4) is 0 Å². The van der Waals surface area contributed by atoms with Crippen molar-refractivity contribution in [2.45, 2.75) is 25.1 Å². The number of ether oxygens (including phenoxy) is 1. The Morgan fingerprint density at radius 2 is 2.20 bits per heavy atom. The lowest BCUT2D eigenvalue weighted by Gasteiger charge is -2.11. The smallest absolute Gasteiger partial charge is 0.392 e. The number of alkyl halides is 3. The van der Waals surface area contributed by atoms with Crippen molar-refractivity contribution in [3.8, 4) is 0 Å². The average Bonchev–Trinajstić information content (AvgIpc) is 2.12. The van der Waals surface area contributed by atoms with Gasteiger partial charge in [-0.1, -0.05) is 0 Å². The van der Waals surface area contributed by atoms with Gasteiger partial charge in [-0.25, -0.2) is 0 Å². The number of halogens is 3. The van der Waals surface area contributed by atoms with Crippen LogP contribution in [0.25, 0.3) is 0 Å². The van der Waals surface area contributed by atoms with E-state index in [1.54, 1.807) is 6.08 Å². The fourth-order valence-electron chi connectivity index (χ4n) is 0.819. The third-order valence-electron chi connectivity index (χ3n) is 1.23. The molecular weight excluding hydrogens is 145 g/mol. The van der Waals surface area contributed by atoms with Crippen LogP contribution in [-0.2, 0) is 4.74 Å². The first-order valence-corrected chi connectivity index (χ1v) is 2.95. The van der Waals surface area contributed by atoms with Gasteiger partial charge in [-0.05, 0) is 6.08 Å². The molecule has 0 fully saturated rings. The fraction of sp³-hybridized carbons (Fsp3) is 0.667. The van der Waals surface area contributed by atoms with Crippen LogP contribution in [0.15, 0.2) is 12.3 Å². The topological polar surface area (TPSA) is 9.23 Å². The lowest BCUT2D eigenvalue weighted by molar-refractivity contribution is -0.152. The fourth-order valence-corrected chi connectivity index (χ4v) is 0.819. The van der Waals surface area contributed by atoms with Crippen molar-refractivity contribution in [1.29, 1.82) is 0 Å². The third kappa shape index (κ3) is 2.29. The number of rotatable bonds is 1. The van der Waals surface area contributed by atoms with Crippen molar-refractivity contribution in [2.75, 3.05) is 0 Å². The number of hydrogen-bond acceptors (Lipinski definition) is 1. The van der Waals surface area contributed by atoms with Crippen LogP contribution in [0.1, 0.15) is 12.8 Å². The normalized spacial score (nSPS) is 24.9. The van der Waals surface area contributed by atoms with Crippen molar-refractivity contribution in [3.05, 3.63) is 12.3 Å². The number of hydrogen-bond donors (Lipinski definition) is 0. The Morgan fingerprint density at radius 1 is 1.50 bits per heavy atom. The summed E-state index contributed by atoms with van der Waals surface area (Å²) in [6.07, 6.45) is -2.34. The van der Waals surface area contributed by atoms with E-state index in [9.17, 15) is 13.2 Å². The lowest BCUT2D eigenvalue weighted by atomic mass is 10.2. The van der Waals surface area contributed by atoms with E-state index in [0.29, 0.717) is 6.42 Å². The molecule has 58 valence electrons. The molecule has 1 rings (SSSR count). The highest BCUT2D eigenvalue weighted by Crippen LogP contribution is 2.26. The quantitative estimate of drug-likeness (QED) is 0.559. The predicted molar refractivity (Wildman–Crippen MR) is 29.3 cm³/mol. The van der Waals surface area contributed by atoms with E-state index in [1.165, 1.54) is 6.26 Å². The van der Waals surface area contributed by atoms with E-state index < -0.39 is 18.7 Å². The lowest BCUT2D eigenvalue weighted by Crippen LogP contribution is -2.18. The van der Waals surface area contributed by atoms with Gasteiger partial charge in [0.15, 0.2) is 0 Å². The van der Waals surface area contributed by atoms with Crippen molar-refractivity contribution < 1.29 is 17.9 Å². The van der Waals surface area contributed by atoms with Crippen molar-refractivity contribution in [1.82, 2.24) is 0 Å². The first-order valence-electron chi connectivity index (χ1n) is 2.95. The minimum atomic E-state index is -4.10. The van der Waals surface area contributed by atoms with Gasteiger partial charge in [-0.15, -0.1) is 0 Å². The van der Waals surface area contributed by atoms with Gasteiger partial charge in [0.2, 0.25) is 0 Å². The molecule has 1 atom stereocenters. The molecular formula is C6H7F3O. The summed E-state index contributed by atoms with van der Waals surface area (Å²) in [5.41, 5.74) is 0. The van der Waals surface area contributed by atoms with Gasteiger partial charge in [0.05, 0.1) is 12.7 Å². The van der Waals surface area contributed by atoms with E-state index >= 15 is 0 Å². The maximum atomic E-state index is 11.6. The summed E-state index contributed by atoms with van der Waals surface area (Å²) >= 11 is 0. The summed E-state index contributed by atoms with van der Waals surface area (Å²) < 4.78 is 39.4. The van der Waals surface area contributed by atoms with Crippen LogP contribution in [0.5, 0.6) is 0 Å². The Balaban J connectivity index is 2.26. The Labute approximate surface area is 56.5 Å². The van der Waals surface area contributed by atoms with Gasteiger partial charge in [0.25, 0.3) is 0 Å². The second-order valence-electron chi connectivity index (χ2n) is 2.18. The molecule has 0 N–H and O–H groups in total. The molecule has 0 radical (unpaired) electrons. The summed E-state index contributed by atoms with van der Waals surface area (Å²) in [4.78, 5) is 0. The predicted octanol–water partition coefficient (Wildman–Crippen LogP) is 2.24. The van der Waals surface area contributed by atoms with Gasteiger partial charge < -0.3 is 4.74 Å². The van der Waals surface area contributed by atoms with Crippen LogP contribution in [0.4, 0.5) is 13.2 Å². The molecule has 1 heterocycles. The zero-order valence-corrected chi connectivity index (χ0v) is 5.19. The average molecular weight is 152 g/mol. The molecule has 1 aliphatic heterocycles. The van der Waals surface area contributed by atoms with Crippen molar-refractivity contribution >= 4 is 0 Å². The first-order chi connectivity index (χ1) is 4.58. The molecule has 1 aliphatic rings. The standard InChI is InChI=1S/C6H7F3O/c7-6(8,9)4-5-2-1-3-10-5/h1,3,5H,2,4H2. The van der Waals surface area contributed by atoms with E-state index in [1.807, 2.05) is 0 Å². The van der Waals surface area contributed by atoms with Gasteiger partial charge >= 0.3 is 6.18 Å². The molecule has 0 aromatic rings. The second-order valence-corrected chi connectivity index (χ2v) is 2.18. The summed E-state index contributed by atoms with van der Waals surface area (Å²) in [5.74, 6) is 0. The highest BCUT2D eigenvalue weighted by atomic mass is 19.4. The molecule has 0 aliphatic carbocycles. The highest BCUT2D eigenvalue weighted by Gasteiger charge is 2.32.